The summed E-state index contributed by atoms with van der Waals surface area (Å²) in [7, 11) is -3.59. The number of aryl methyl sites for hydroxylation is 2. The number of benzene rings is 1. The van der Waals surface area contributed by atoms with Crippen molar-refractivity contribution >= 4 is 10.0 Å². The van der Waals surface area contributed by atoms with E-state index in [1.165, 1.54) is 10.6 Å². The Morgan fingerprint density at radius 3 is 2.53 bits per heavy atom. The van der Waals surface area contributed by atoms with Crippen molar-refractivity contribution in [3.63, 3.8) is 0 Å². The Morgan fingerprint density at radius 1 is 1.13 bits per heavy atom. The highest BCUT2D eigenvalue weighted by molar-refractivity contribution is 7.89. The quantitative estimate of drug-likeness (QED) is 0.594. The SMILES string of the molecule is Cc1noc(C)c1S(=O)(=O)N1CCC(COc2cc(-c3ccccc3)ncn2)CC1. The summed E-state index contributed by atoms with van der Waals surface area (Å²) in [6, 6.07) is 11.7. The highest BCUT2D eigenvalue weighted by atomic mass is 32.2. The van der Waals surface area contributed by atoms with Crippen LogP contribution in [0.3, 0.4) is 0 Å². The van der Waals surface area contributed by atoms with E-state index >= 15 is 0 Å². The molecule has 3 aromatic rings. The van der Waals surface area contributed by atoms with Gasteiger partial charge in [-0.2, -0.15) is 4.31 Å². The van der Waals surface area contributed by atoms with Crippen LogP contribution < -0.4 is 4.74 Å². The first kappa shape index (κ1) is 20.5. The van der Waals surface area contributed by atoms with E-state index in [-0.39, 0.29) is 10.8 Å². The molecule has 1 fully saturated rings. The summed E-state index contributed by atoms with van der Waals surface area (Å²) in [6.07, 6.45) is 2.94. The third kappa shape index (κ3) is 4.22. The summed E-state index contributed by atoms with van der Waals surface area (Å²) in [5.74, 6) is 1.11. The Labute approximate surface area is 175 Å². The van der Waals surface area contributed by atoms with Crippen LogP contribution in [0.5, 0.6) is 5.88 Å². The first-order valence-electron chi connectivity index (χ1n) is 9.88. The van der Waals surface area contributed by atoms with Crippen LogP contribution in [0.15, 0.2) is 52.1 Å². The number of nitrogens with zero attached hydrogens (tertiary/aromatic N) is 4. The fourth-order valence-electron chi connectivity index (χ4n) is 3.68. The lowest BCUT2D eigenvalue weighted by molar-refractivity contribution is 0.181. The Morgan fingerprint density at radius 2 is 1.87 bits per heavy atom. The van der Waals surface area contributed by atoms with Crippen molar-refractivity contribution < 1.29 is 17.7 Å². The molecule has 0 N–H and O–H groups in total. The van der Waals surface area contributed by atoms with E-state index in [2.05, 4.69) is 15.1 Å². The summed E-state index contributed by atoms with van der Waals surface area (Å²) in [5, 5.41) is 3.77. The Bertz CT molecular complexity index is 1090. The molecule has 3 heterocycles. The van der Waals surface area contributed by atoms with Crippen LogP contribution in [0.25, 0.3) is 11.3 Å². The van der Waals surface area contributed by atoms with E-state index in [1.807, 2.05) is 36.4 Å². The van der Waals surface area contributed by atoms with Gasteiger partial charge in [-0.15, -0.1) is 0 Å². The van der Waals surface area contributed by atoms with Crippen LogP contribution in [0, 0.1) is 19.8 Å². The molecule has 1 aliphatic heterocycles. The predicted octanol–water partition coefficient (Wildman–Crippen LogP) is 3.23. The molecule has 0 bridgehead atoms. The molecule has 0 spiro atoms. The number of hydrogen-bond donors (Lipinski definition) is 0. The van der Waals surface area contributed by atoms with Gasteiger partial charge in [0.1, 0.15) is 16.9 Å². The van der Waals surface area contributed by atoms with Gasteiger partial charge in [0.05, 0.1) is 12.3 Å². The minimum absolute atomic E-state index is 0.187. The first-order chi connectivity index (χ1) is 14.4. The second-order valence-electron chi connectivity index (χ2n) is 7.42. The molecule has 1 aliphatic rings. The van der Waals surface area contributed by atoms with E-state index < -0.39 is 10.0 Å². The lowest BCUT2D eigenvalue weighted by atomic mass is 9.99. The molecule has 8 nitrogen and oxygen atoms in total. The minimum atomic E-state index is -3.59. The van der Waals surface area contributed by atoms with Crippen LogP contribution in [0.4, 0.5) is 0 Å². The van der Waals surface area contributed by atoms with Crippen LogP contribution in [-0.2, 0) is 10.0 Å². The third-order valence-electron chi connectivity index (χ3n) is 5.32. The van der Waals surface area contributed by atoms with Gasteiger partial charge in [0.2, 0.25) is 15.9 Å². The van der Waals surface area contributed by atoms with E-state index in [0.29, 0.717) is 37.0 Å². The lowest BCUT2D eigenvalue weighted by Crippen LogP contribution is -2.40. The van der Waals surface area contributed by atoms with Gasteiger partial charge in [-0.3, -0.25) is 0 Å². The second kappa shape index (κ2) is 8.53. The van der Waals surface area contributed by atoms with Gasteiger partial charge < -0.3 is 9.26 Å². The number of hydrogen-bond acceptors (Lipinski definition) is 7. The Hall–Kier alpha value is -2.78. The van der Waals surface area contributed by atoms with Crippen molar-refractivity contribution in [3.05, 3.63) is 54.2 Å². The summed E-state index contributed by atoms with van der Waals surface area (Å²) >= 11 is 0. The summed E-state index contributed by atoms with van der Waals surface area (Å²) in [4.78, 5) is 8.69. The molecular formula is C21H24N4O4S. The van der Waals surface area contributed by atoms with Crippen molar-refractivity contribution in [2.24, 2.45) is 5.92 Å². The van der Waals surface area contributed by atoms with Crippen molar-refractivity contribution in [3.8, 4) is 17.1 Å². The van der Waals surface area contributed by atoms with Gasteiger partial charge in [0.15, 0.2) is 5.76 Å². The molecule has 0 saturated carbocycles. The van der Waals surface area contributed by atoms with Crippen molar-refractivity contribution in [2.75, 3.05) is 19.7 Å². The smallest absolute Gasteiger partial charge is 0.248 e. The molecule has 0 unspecified atom stereocenters. The summed E-state index contributed by atoms with van der Waals surface area (Å²) in [6.45, 7) is 4.65. The Balaban J connectivity index is 1.35. The van der Waals surface area contributed by atoms with E-state index in [1.54, 1.807) is 13.8 Å². The lowest BCUT2D eigenvalue weighted by Gasteiger charge is -2.30. The highest BCUT2D eigenvalue weighted by Crippen LogP contribution is 2.28. The fourth-order valence-corrected chi connectivity index (χ4v) is 5.44. The average Bonchev–Trinajstić information content (AvgIpc) is 3.12. The number of aromatic nitrogens is 3. The number of rotatable bonds is 6. The molecule has 4 rings (SSSR count). The van der Waals surface area contributed by atoms with Crippen LogP contribution in [0.1, 0.15) is 24.3 Å². The zero-order valence-corrected chi connectivity index (χ0v) is 17.8. The largest absolute Gasteiger partial charge is 0.477 e. The standard InChI is InChI=1S/C21H24N4O4S/c1-15-21(16(2)29-24-15)30(26,27)25-10-8-17(9-11-25)13-28-20-12-19(22-14-23-20)18-6-4-3-5-7-18/h3-7,12,14,17H,8-11,13H2,1-2H3. The summed E-state index contributed by atoms with van der Waals surface area (Å²) in [5.41, 5.74) is 2.21. The van der Waals surface area contributed by atoms with Crippen molar-refractivity contribution in [1.29, 1.82) is 0 Å². The monoisotopic (exact) mass is 428 g/mol. The molecule has 0 radical (unpaired) electrons. The molecule has 9 heteroatoms. The van der Waals surface area contributed by atoms with Gasteiger partial charge in [-0.05, 0) is 32.6 Å². The normalized spacial score (nSPS) is 15.9. The first-order valence-corrected chi connectivity index (χ1v) is 11.3. The van der Waals surface area contributed by atoms with Crippen LogP contribution in [0.2, 0.25) is 0 Å². The van der Waals surface area contributed by atoms with Gasteiger partial charge in [0, 0.05) is 24.7 Å². The predicted molar refractivity (Wildman–Crippen MR) is 110 cm³/mol. The Kier molecular flexibility index (Phi) is 5.83. The highest BCUT2D eigenvalue weighted by Gasteiger charge is 2.33. The maximum atomic E-state index is 12.9. The van der Waals surface area contributed by atoms with E-state index in [0.717, 1.165) is 24.1 Å². The van der Waals surface area contributed by atoms with Gasteiger partial charge in [-0.1, -0.05) is 35.5 Å². The number of sulfonamides is 1. The van der Waals surface area contributed by atoms with Gasteiger partial charge in [0.25, 0.3) is 0 Å². The zero-order valence-electron chi connectivity index (χ0n) is 17.0. The van der Waals surface area contributed by atoms with E-state index in [9.17, 15) is 8.42 Å². The second-order valence-corrected chi connectivity index (χ2v) is 9.29. The molecule has 1 aromatic carbocycles. The van der Waals surface area contributed by atoms with Crippen molar-refractivity contribution in [1.82, 2.24) is 19.4 Å². The molecule has 0 aliphatic carbocycles. The van der Waals surface area contributed by atoms with Crippen LogP contribution >= 0.6 is 0 Å². The molecule has 0 amide bonds. The average molecular weight is 429 g/mol. The number of piperidine rings is 1. The van der Waals surface area contributed by atoms with E-state index in [4.69, 9.17) is 9.26 Å². The third-order valence-corrected chi connectivity index (χ3v) is 7.46. The molecule has 1 saturated heterocycles. The maximum Gasteiger partial charge on any atom is 0.248 e. The molecule has 0 atom stereocenters. The number of ether oxygens (including phenoxy) is 1. The molecule has 30 heavy (non-hydrogen) atoms. The fraction of sp³-hybridized carbons (Fsp3) is 0.381. The molecule has 2 aromatic heterocycles. The van der Waals surface area contributed by atoms with Crippen LogP contribution in [-0.4, -0.2) is 47.5 Å². The minimum Gasteiger partial charge on any atom is -0.477 e. The summed E-state index contributed by atoms with van der Waals surface area (Å²) < 4.78 is 38.3. The van der Waals surface area contributed by atoms with Gasteiger partial charge in [-0.25, -0.2) is 18.4 Å². The zero-order chi connectivity index (χ0) is 21.1. The van der Waals surface area contributed by atoms with Crippen molar-refractivity contribution in [2.45, 2.75) is 31.6 Å². The maximum absolute atomic E-state index is 12.9. The molecule has 158 valence electrons. The molecular weight excluding hydrogens is 404 g/mol. The topological polar surface area (TPSA) is 98.4 Å². The van der Waals surface area contributed by atoms with Gasteiger partial charge >= 0.3 is 0 Å².